The average Bonchev–Trinajstić information content (AvgIpc) is 2.35. The number of ether oxygens (including phenoxy) is 1. The molecule has 4 N–H and O–H groups in total. The van der Waals surface area contributed by atoms with Crippen LogP contribution in [0.5, 0.6) is 0 Å². The molecule has 0 saturated carbocycles. The lowest BCUT2D eigenvalue weighted by Gasteiger charge is -2.37. The van der Waals surface area contributed by atoms with Crippen LogP contribution in [0.2, 0.25) is 0 Å². The largest absolute Gasteiger partial charge is 0.381 e. The number of rotatable bonds is 7. The molecule has 3 atom stereocenters. The number of piperidine rings is 1. The number of hydrogen-bond acceptors (Lipinski definition) is 4. The summed E-state index contributed by atoms with van der Waals surface area (Å²) < 4.78 is 5.41. The lowest BCUT2D eigenvalue weighted by atomic mass is 9.95. The Morgan fingerprint density at radius 3 is 2.68 bits per heavy atom. The van der Waals surface area contributed by atoms with Crippen LogP contribution < -0.4 is 11.5 Å². The van der Waals surface area contributed by atoms with E-state index in [4.69, 9.17) is 16.2 Å². The minimum atomic E-state index is -0.866. The summed E-state index contributed by atoms with van der Waals surface area (Å²) in [5.41, 5.74) is 10.2. The maximum Gasteiger partial charge on any atom is 0.237 e. The van der Waals surface area contributed by atoms with Gasteiger partial charge in [-0.3, -0.25) is 4.79 Å². The van der Waals surface area contributed by atoms with Crippen molar-refractivity contribution < 1.29 is 9.53 Å². The van der Waals surface area contributed by atoms with Crippen LogP contribution in [-0.4, -0.2) is 48.7 Å². The molecule has 0 radical (unpaired) electrons. The SMILES string of the molecule is COC1CCN(CCCCC(C)(N)C(N)=O)C(C)C1. The van der Waals surface area contributed by atoms with Crippen molar-refractivity contribution in [2.75, 3.05) is 20.2 Å². The van der Waals surface area contributed by atoms with Gasteiger partial charge in [-0.15, -0.1) is 0 Å². The number of carbonyl (C=O) groups excluding carboxylic acids is 1. The van der Waals surface area contributed by atoms with Crippen molar-refractivity contribution in [1.82, 2.24) is 4.90 Å². The summed E-state index contributed by atoms with van der Waals surface area (Å²) >= 11 is 0. The molecule has 1 rings (SSSR count). The third-order valence-electron chi connectivity index (χ3n) is 4.25. The molecule has 5 heteroatoms. The molecule has 19 heavy (non-hydrogen) atoms. The van der Waals surface area contributed by atoms with Crippen molar-refractivity contribution in [3.05, 3.63) is 0 Å². The fourth-order valence-corrected chi connectivity index (χ4v) is 2.65. The van der Waals surface area contributed by atoms with Crippen LogP contribution in [0.15, 0.2) is 0 Å². The predicted molar refractivity (Wildman–Crippen MR) is 76.7 cm³/mol. The zero-order valence-electron chi connectivity index (χ0n) is 12.5. The number of hydrogen-bond donors (Lipinski definition) is 2. The average molecular weight is 271 g/mol. The topological polar surface area (TPSA) is 81.6 Å². The highest BCUT2D eigenvalue weighted by atomic mass is 16.5. The van der Waals surface area contributed by atoms with Gasteiger partial charge in [-0.2, -0.15) is 0 Å². The summed E-state index contributed by atoms with van der Waals surface area (Å²) in [6, 6.07) is 0.569. The van der Waals surface area contributed by atoms with Gasteiger partial charge in [0.2, 0.25) is 5.91 Å². The standard InChI is InChI=1S/C14H29N3O2/c1-11-10-12(19-3)6-9-17(11)8-5-4-7-14(2,16)13(15)18/h11-12H,4-10,16H2,1-3H3,(H2,15,18). The van der Waals surface area contributed by atoms with Crippen LogP contribution in [0, 0.1) is 0 Å². The number of primary amides is 1. The van der Waals surface area contributed by atoms with Gasteiger partial charge in [-0.25, -0.2) is 0 Å². The molecule has 112 valence electrons. The highest BCUT2D eigenvalue weighted by Crippen LogP contribution is 2.20. The Hall–Kier alpha value is -0.650. The highest BCUT2D eigenvalue weighted by molar-refractivity contribution is 5.83. The molecule has 0 aromatic carbocycles. The molecule has 1 aliphatic heterocycles. The quantitative estimate of drug-likeness (QED) is 0.673. The van der Waals surface area contributed by atoms with E-state index in [0.29, 0.717) is 18.6 Å². The third kappa shape index (κ3) is 5.09. The minimum absolute atomic E-state index is 0.411. The van der Waals surface area contributed by atoms with E-state index in [-0.39, 0.29) is 0 Å². The molecular formula is C14H29N3O2. The lowest BCUT2D eigenvalue weighted by Crippen LogP contribution is -2.49. The summed E-state index contributed by atoms with van der Waals surface area (Å²) in [6.07, 6.45) is 5.27. The molecule has 1 aliphatic rings. The van der Waals surface area contributed by atoms with Gasteiger partial charge in [0, 0.05) is 19.7 Å². The van der Waals surface area contributed by atoms with Gasteiger partial charge in [0.15, 0.2) is 0 Å². The number of amides is 1. The maximum atomic E-state index is 11.1. The van der Waals surface area contributed by atoms with Crippen LogP contribution in [0.3, 0.4) is 0 Å². The molecule has 0 aromatic heterocycles. The summed E-state index contributed by atoms with van der Waals surface area (Å²) in [5.74, 6) is -0.415. The van der Waals surface area contributed by atoms with Crippen molar-refractivity contribution in [2.24, 2.45) is 11.5 Å². The smallest absolute Gasteiger partial charge is 0.237 e. The monoisotopic (exact) mass is 271 g/mol. The molecule has 1 heterocycles. The number of methoxy groups -OCH3 is 1. The van der Waals surface area contributed by atoms with Crippen LogP contribution in [-0.2, 0) is 9.53 Å². The predicted octanol–water partition coefficient (Wildman–Crippen LogP) is 0.859. The van der Waals surface area contributed by atoms with Gasteiger partial charge in [0.05, 0.1) is 11.6 Å². The second-order valence-corrected chi connectivity index (χ2v) is 6.01. The van der Waals surface area contributed by atoms with E-state index in [1.165, 1.54) is 0 Å². The Morgan fingerprint density at radius 2 is 2.16 bits per heavy atom. The number of nitrogens with zero attached hydrogens (tertiary/aromatic N) is 1. The van der Waals surface area contributed by atoms with Crippen molar-refractivity contribution >= 4 is 5.91 Å². The summed E-state index contributed by atoms with van der Waals surface area (Å²) in [7, 11) is 1.79. The molecule has 0 bridgehead atoms. The zero-order chi connectivity index (χ0) is 14.5. The van der Waals surface area contributed by atoms with Gasteiger partial charge in [0.1, 0.15) is 0 Å². The van der Waals surface area contributed by atoms with Crippen LogP contribution in [0.25, 0.3) is 0 Å². The van der Waals surface area contributed by atoms with E-state index in [9.17, 15) is 4.79 Å². The van der Waals surface area contributed by atoms with Crippen LogP contribution in [0.4, 0.5) is 0 Å². The third-order valence-corrected chi connectivity index (χ3v) is 4.25. The summed E-state index contributed by atoms with van der Waals surface area (Å²) in [5, 5.41) is 0. The Balaban J connectivity index is 2.21. The van der Waals surface area contributed by atoms with E-state index in [2.05, 4.69) is 11.8 Å². The normalized spacial score (nSPS) is 28.0. The van der Waals surface area contributed by atoms with Gasteiger partial charge < -0.3 is 21.1 Å². The van der Waals surface area contributed by atoms with E-state index >= 15 is 0 Å². The number of likely N-dealkylation sites (tertiary alicyclic amines) is 1. The molecule has 5 nitrogen and oxygen atoms in total. The first-order valence-corrected chi connectivity index (χ1v) is 7.22. The van der Waals surface area contributed by atoms with Crippen molar-refractivity contribution in [3.63, 3.8) is 0 Å². The summed E-state index contributed by atoms with van der Waals surface area (Å²) in [4.78, 5) is 13.6. The number of unbranched alkanes of at least 4 members (excludes halogenated alkanes) is 1. The number of nitrogens with two attached hydrogens (primary N) is 2. The number of carbonyl (C=O) groups is 1. The lowest BCUT2D eigenvalue weighted by molar-refractivity contribution is -0.122. The Morgan fingerprint density at radius 1 is 1.47 bits per heavy atom. The second-order valence-electron chi connectivity index (χ2n) is 6.01. The molecular weight excluding hydrogens is 242 g/mol. The van der Waals surface area contributed by atoms with Crippen molar-refractivity contribution in [2.45, 2.75) is 63.6 Å². The van der Waals surface area contributed by atoms with Crippen LogP contribution >= 0.6 is 0 Å². The molecule has 3 unspecified atom stereocenters. The van der Waals surface area contributed by atoms with Crippen LogP contribution in [0.1, 0.15) is 46.0 Å². The molecule has 1 amide bonds. The summed E-state index contributed by atoms with van der Waals surface area (Å²) in [6.45, 7) is 6.12. The zero-order valence-corrected chi connectivity index (χ0v) is 12.5. The first-order valence-electron chi connectivity index (χ1n) is 7.22. The van der Waals surface area contributed by atoms with E-state index in [0.717, 1.165) is 38.8 Å². The Labute approximate surface area is 116 Å². The Bertz CT molecular complexity index is 294. The van der Waals surface area contributed by atoms with E-state index in [1.54, 1.807) is 14.0 Å². The minimum Gasteiger partial charge on any atom is -0.381 e. The second kappa shape index (κ2) is 7.22. The molecule has 0 aromatic rings. The van der Waals surface area contributed by atoms with Crippen molar-refractivity contribution in [1.29, 1.82) is 0 Å². The molecule has 1 fully saturated rings. The van der Waals surface area contributed by atoms with Gasteiger partial charge in [-0.1, -0.05) is 0 Å². The van der Waals surface area contributed by atoms with E-state index < -0.39 is 11.4 Å². The first-order chi connectivity index (χ1) is 8.86. The van der Waals surface area contributed by atoms with Crippen molar-refractivity contribution in [3.8, 4) is 0 Å². The Kier molecular flexibility index (Phi) is 6.23. The molecule has 0 aliphatic carbocycles. The first kappa shape index (κ1) is 16.4. The fourth-order valence-electron chi connectivity index (χ4n) is 2.65. The maximum absolute atomic E-state index is 11.1. The van der Waals surface area contributed by atoms with Gasteiger partial charge in [-0.05, 0) is 52.5 Å². The van der Waals surface area contributed by atoms with Gasteiger partial charge >= 0.3 is 0 Å². The fraction of sp³-hybridized carbons (Fsp3) is 0.929. The van der Waals surface area contributed by atoms with Gasteiger partial charge in [0.25, 0.3) is 0 Å². The molecule has 1 saturated heterocycles. The van der Waals surface area contributed by atoms with E-state index in [1.807, 2.05) is 0 Å². The molecule has 0 spiro atoms. The highest BCUT2D eigenvalue weighted by Gasteiger charge is 2.26.